The van der Waals surface area contributed by atoms with E-state index in [0.717, 1.165) is 6.92 Å². The van der Waals surface area contributed by atoms with Crippen molar-refractivity contribution in [3.8, 4) is 0 Å². The number of carboxylic acids is 4. The van der Waals surface area contributed by atoms with Crippen LogP contribution in [0.5, 0.6) is 0 Å². The molecule has 0 aliphatic heterocycles. The molecule has 0 spiro atoms. The van der Waals surface area contributed by atoms with Crippen molar-refractivity contribution in [2.75, 3.05) is 19.6 Å². The second-order valence-electron chi connectivity index (χ2n) is 12.1. The Balaban J connectivity index is 5.28. The van der Waals surface area contributed by atoms with Crippen LogP contribution in [0, 0.1) is 0 Å². The van der Waals surface area contributed by atoms with E-state index in [-0.39, 0.29) is 6.42 Å². The fourth-order valence-electron chi connectivity index (χ4n) is 4.34. The minimum Gasteiger partial charge on any atom is -0.481 e. The summed E-state index contributed by atoms with van der Waals surface area (Å²) in [6.45, 7) is 0.897. The van der Waals surface area contributed by atoms with Crippen molar-refractivity contribution in [2.45, 2.75) is 101 Å². The Hall–Kier alpha value is -5.95. The SMILES string of the molecule is C[C@H](NC(=O)[C@H](CC(=O)O)NC(=O)[C@@H](N)CCCCN)C(=O)NCC(=O)N[C@H](C(=O)NCC(=O)N[C@@H](CCC(=O)O)C(=O)N[C@@H](CC(=O)O)C(=O)O)[C@@H](C)O. The van der Waals surface area contributed by atoms with E-state index >= 15 is 0 Å². The fourth-order valence-corrected chi connectivity index (χ4v) is 4.34. The van der Waals surface area contributed by atoms with Gasteiger partial charge in [-0.05, 0) is 39.7 Å². The van der Waals surface area contributed by atoms with E-state index in [1.807, 2.05) is 5.32 Å². The van der Waals surface area contributed by atoms with Crippen LogP contribution >= 0.6 is 0 Å². The highest BCUT2D eigenvalue weighted by Gasteiger charge is 2.31. The molecule has 0 aliphatic rings. The number of hydrogen-bond acceptors (Lipinski definition) is 14. The molecule has 16 N–H and O–H groups in total. The smallest absolute Gasteiger partial charge is 0.326 e. The van der Waals surface area contributed by atoms with Gasteiger partial charge in [0.1, 0.15) is 30.2 Å². The van der Waals surface area contributed by atoms with Gasteiger partial charge in [-0.2, -0.15) is 0 Å². The van der Waals surface area contributed by atoms with Crippen molar-refractivity contribution in [1.29, 1.82) is 0 Å². The summed E-state index contributed by atoms with van der Waals surface area (Å²) >= 11 is 0. The zero-order chi connectivity index (χ0) is 42.4. The zero-order valence-corrected chi connectivity index (χ0v) is 30.0. The van der Waals surface area contributed by atoms with E-state index < -0.39 is 146 Å². The second kappa shape index (κ2) is 25.1. The van der Waals surface area contributed by atoms with Crippen molar-refractivity contribution in [3.05, 3.63) is 0 Å². The van der Waals surface area contributed by atoms with Crippen molar-refractivity contribution < 1.29 is 78.3 Å². The Kier molecular flexibility index (Phi) is 22.4. The summed E-state index contributed by atoms with van der Waals surface area (Å²) in [4.78, 5) is 133. The topological polar surface area (TPSA) is 425 Å². The Morgan fingerprint density at radius 1 is 0.564 bits per heavy atom. The first-order valence-electron chi connectivity index (χ1n) is 16.7. The van der Waals surface area contributed by atoms with Gasteiger partial charge >= 0.3 is 23.9 Å². The molecule has 0 heterocycles. The molecule has 0 fully saturated rings. The van der Waals surface area contributed by atoms with Crippen molar-refractivity contribution >= 4 is 65.2 Å². The summed E-state index contributed by atoms with van der Waals surface area (Å²) in [6.07, 6.45) is -3.43. The first kappa shape index (κ1) is 49.0. The number of carboxylic acid groups (broad SMARTS) is 4. The minimum absolute atomic E-state index is 0.214. The van der Waals surface area contributed by atoms with Crippen LogP contribution < -0.4 is 48.7 Å². The largest absolute Gasteiger partial charge is 0.481 e. The molecule has 0 saturated heterocycles. The molecular formula is C30H49N9O16. The van der Waals surface area contributed by atoms with Crippen LogP contribution in [0.25, 0.3) is 0 Å². The molecule has 0 aromatic carbocycles. The highest BCUT2D eigenvalue weighted by molar-refractivity contribution is 5.97. The molecule has 7 amide bonds. The molecule has 0 saturated carbocycles. The standard InChI is InChI=1S/C30H49N9O16/c1-13(35-28(52)17(9-22(45)46)37-26(50)15(32)5-3-4-8-31)25(49)33-12-20(42)39-24(14(2)40)29(53)34-11-19(41)36-16(6-7-21(43)44)27(51)38-18(30(54)55)10-23(47)48/h13-18,24,40H,3-12,31-32H2,1-2H3,(H,33,49)(H,34,53)(H,35,52)(H,36,41)(H,37,50)(H,38,51)(H,39,42)(H,43,44)(H,45,46)(H,47,48)(H,54,55)/t13-,14+,15-,16-,17-,18-,24-/m0/s1. The van der Waals surface area contributed by atoms with Gasteiger partial charge in [0, 0.05) is 6.42 Å². The molecule has 0 aromatic rings. The Bertz CT molecular complexity index is 1430. The van der Waals surface area contributed by atoms with Crippen LogP contribution in [0.2, 0.25) is 0 Å². The van der Waals surface area contributed by atoms with Crippen LogP contribution in [0.15, 0.2) is 0 Å². The third-order valence-electron chi connectivity index (χ3n) is 7.29. The predicted molar refractivity (Wildman–Crippen MR) is 183 cm³/mol. The van der Waals surface area contributed by atoms with Crippen LogP contribution in [0.4, 0.5) is 0 Å². The minimum atomic E-state index is -1.92. The maximum Gasteiger partial charge on any atom is 0.326 e. The van der Waals surface area contributed by atoms with Gasteiger partial charge < -0.3 is 74.2 Å². The second-order valence-corrected chi connectivity index (χ2v) is 12.1. The van der Waals surface area contributed by atoms with Crippen LogP contribution in [0.3, 0.4) is 0 Å². The quantitative estimate of drug-likeness (QED) is 0.0344. The van der Waals surface area contributed by atoms with Gasteiger partial charge in [-0.15, -0.1) is 0 Å². The molecular weight excluding hydrogens is 742 g/mol. The van der Waals surface area contributed by atoms with Gasteiger partial charge in [-0.25, -0.2) is 4.79 Å². The molecule has 0 aromatic heterocycles. The first-order chi connectivity index (χ1) is 25.6. The molecule has 25 nitrogen and oxygen atoms in total. The fraction of sp³-hybridized carbons (Fsp3) is 0.633. The molecule has 55 heavy (non-hydrogen) atoms. The monoisotopic (exact) mass is 791 g/mol. The van der Waals surface area contributed by atoms with Crippen molar-refractivity contribution in [3.63, 3.8) is 0 Å². The zero-order valence-electron chi connectivity index (χ0n) is 30.0. The van der Waals surface area contributed by atoms with E-state index in [0.29, 0.717) is 19.4 Å². The van der Waals surface area contributed by atoms with Crippen LogP contribution in [0.1, 0.15) is 58.8 Å². The number of carbonyl (C=O) groups excluding carboxylic acids is 7. The molecule has 0 bridgehead atoms. The van der Waals surface area contributed by atoms with E-state index in [9.17, 15) is 63.0 Å². The highest BCUT2D eigenvalue weighted by atomic mass is 16.4. The number of rotatable bonds is 27. The number of hydrogen-bond donors (Lipinski definition) is 14. The summed E-state index contributed by atoms with van der Waals surface area (Å²) in [5.41, 5.74) is 11.2. The maximum atomic E-state index is 12.7. The average Bonchev–Trinajstić information content (AvgIpc) is 3.08. The lowest BCUT2D eigenvalue weighted by Crippen LogP contribution is -2.57. The van der Waals surface area contributed by atoms with Crippen molar-refractivity contribution in [2.24, 2.45) is 11.5 Å². The Labute approximate surface area is 313 Å². The van der Waals surface area contributed by atoms with E-state index in [2.05, 4.69) is 31.9 Å². The number of unbranched alkanes of at least 4 members (excludes halogenated alkanes) is 1. The van der Waals surface area contributed by atoms with Crippen molar-refractivity contribution in [1.82, 2.24) is 37.2 Å². The number of nitrogens with one attached hydrogen (secondary N) is 7. The number of nitrogens with two attached hydrogens (primary N) is 2. The van der Waals surface area contributed by atoms with Gasteiger partial charge in [0.05, 0.1) is 38.1 Å². The van der Waals surface area contributed by atoms with Gasteiger partial charge in [0.2, 0.25) is 41.4 Å². The van der Waals surface area contributed by atoms with E-state index in [4.69, 9.17) is 26.8 Å². The molecule has 7 atom stereocenters. The first-order valence-corrected chi connectivity index (χ1v) is 16.7. The average molecular weight is 792 g/mol. The summed E-state index contributed by atoms with van der Waals surface area (Å²) in [7, 11) is 0. The summed E-state index contributed by atoms with van der Waals surface area (Å²) < 4.78 is 0. The predicted octanol–water partition coefficient (Wildman–Crippen LogP) is -6.60. The molecule has 0 unspecified atom stereocenters. The lowest BCUT2D eigenvalue weighted by atomic mass is 10.1. The number of amides is 7. The van der Waals surface area contributed by atoms with Gasteiger partial charge in [-0.3, -0.25) is 47.9 Å². The highest BCUT2D eigenvalue weighted by Crippen LogP contribution is 2.03. The normalized spacial score (nSPS) is 14.5. The maximum absolute atomic E-state index is 12.7. The third-order valence-corrected chi connectivity index (χ3v) is 7.29. The summed E-state index contributed by atoms with van der Waals surface area (Å²) in [5.74, 6) is -13.5. The Morgan fingerprint density at radius 2 is 1.07 bits per heavy atom. The number of carbonyl (C=O) groups is 11. The van der Waals surface area contributed by atoms with Gasteiger partial charge in [-0.1, -0.05) is 6.42 Å². The molecule has 0 aliphatic carbocycles. The van der Waals surface area contributed by atoms with E-state index in [1.165, 1.54) is 6.92 Å². The molecule has 310 valence electrons. The molecule has 25 heteroatoms. The van der Waals surface area contributed by atoms with Gasteiger partial charge in [0.15, 0.2) is 0 Å². The van der Waals surface area contributed by atoms with E-state index in [1.54, 1.807) is 0 Å². The van der Waals surface area contributed by atoms with Crippen LogP contribution in [-0.2, 0) is 52.7 Å². The number of aliphatic carboxylic acids is 4. The number of aliphatic hydroxyl groups is 1. The third kappa shape index (κ3) is 20.8. The molecule has 0 rings (SSSR count). The summed E-state index contributed by atoms with van der Waals surface area (Å²) in [6, 6.07) is -9.39. The number of aliphatic hydroxyl groups excluding tert-OH is 1. The lowest BCUT2D eigenvalue weighted by Gasteiger charge is -2.23. The lowest BCUT2D eigenvalue weighted by molar-refractivity contribution is -0.147. The molecule has 0 radical (unpaired) electrons. The summed E-state index contributed by atoms with van der Waals surface area (Å²) in [5, 5.41) is 60.9. The Morgan fingerprint density at radius 3 is 1.58 bits per heavy atom. The van der Waals surface area contributed by atoms with Gasteiger partial charge in [0.25, 0.3) is 0 Å². The van der Waals surface area contributed by atoms with Crippen LogP contribution in [-0.4, -0.2) is 153 Å².